The van der Waals surface area contributed by atoms with Crippen LogP contribution in [0.5, 0.6) is 11.5 Å². The number of aryl methyl sites for hydroxylation is 1. The van der Waals surface area contributed by atoms with Gasteiger partial charge in [-0.25, -0.2) is 0 Å². The lowest BCUT2D eigenvalue weighted by molar-refractivity contribution is 0.474. The second kappa shape index (κ2) is 5.89. The highest BCUT2D eigenvalue weighted by molar-refractivity contribution is 6.32. The van der Waals surface area contributed by atoms with Gasteiger partial charge in [0, 0.05) is 18.7 Å². The fourth-order valence-corrected chi connectivity index (χ4v) is 1.93. The second-order valence-electron chi connectivity index (χ2n) is 3.97. The van der Waals surface area contributed by atoms with Crippen LogP contribution in [0.3, 0.4) is 0 Å². The molecule has 0 spiro atoms. The third kappa shape index (κ3) is 2.83. The van der Waals surface area contributed by atoms with Crippen LogP contribution in [0, 0.1) is 0 Å². The van der Waals surface area contributed by atoms with Crippen molar-refractivity contribution in [2.45, 2.75) is 26.4 Å². The summed E-state index contributed by atoms with van der Waals surface area (Å²) in [5, 5.41) is 4.76. The van der Waals surface area contributed by atoms with Gasteiger partial charge in [0.2, 0.25) is 0 Å². The van der Waals surface area contributed by atoms with Crippen molar-refractivity contribution in [2.24, 2.45) is 5.73 Å². The molecular formula is C13H16ClN3O. The molecule has 0 unspecified atom stereocenters. The van der Waals surface area contributed by atoms with Crippen LogP contribution in [0.2, 0.25) is 5.02 Å². The van der Waals surface area contributed by atoms with Crippen molar-refractivity contribution in [3.63, 3.8) is 0 Å². The first-order chi connectivity index (χ1) is 8.74. The average Bonchev–Trinajstić information content (AvgIpc) is 2.80. The number of rotatable bonds is 5. The van der Waals surface area contributed by atoms with Crippen LogP contribution in [0.25, 0.3) is 0 Å². The van der Waals surface area contributed by atoms with E-state index in [0.717, 1.165) is 18.5 Å². The van der Waals surface area contributed by atoms with E-state index in [0.29, 0.717) is 23.1 Å². The van der Waals surface area contributed by atoms with Gasteiger partial charge in [-0.2, -0.15) is 5.10 Å². The number of nitrogens with two attached hydrogens (primary N) is 1. The fourth-order valence-electron chi connectivity index (χ4n) is 1.70. The van der Waals surface area contributed by atoms with E-state index in [-0.39, 0.29) is 0 Å². The molecule has 1 heterocycles. The van der Waals surface area contributed by atoms with E-state index in [1.165, 1.54) is 0 Å². The van der Waals surface area contributed by atoms with Gasteiger partial charge in [0.25, 0.3) is 0 Å². The predicted molar refractivity (Wildman–Crippen MR) is 71.9 cm³/mol. The van der Waals surface area contributed by atoms with E-state index in [9.17, 15) is 0 Å². The summed E-state index contributed by atoms with van der Waals surface area (Å²) in [7, 11) is 0. The minimum absolute atomic E-state index is 0.388. The number of hydrogen-bond acceptors (Lipinski definition) is 3. The van der Waals surface area contributed by atoms with Crippen molar-refractivity contribution in [3.8, 4) is 11.5 Å². The van der Waals surface area contributed by atoms with Crippen LogP contribution in [0.4, 0.5) is 0 Å². The first-order valence-corrected chi connectivity index (χ1v) is 6.30. The van der Waals surface area contributed by atoms with E-state index in [1.54, 1.807) is 12.3 Å². The zero-order valence-electron chi connectivity index (χ0n) is 10.3. The van der Waals surface area contributed by atoms with Gasteiger partial charge in [0.05, 0.1) is 17.4 Å². The molecule has 0 bridgehead atoms. The Morgan fingerprint density at radius 1 is 1.44 bits per heavy atom. The molecule has 0 atom stereocenters. The molecule has 0 aliphatic carbocycles. The maximum atomic E-state index is 6.12. The zero-order chi connectivity index (χ0) is 13.0. The third-order valence-corrected chi connectivity index (χ3v) is 2.85. The summed E-state index contributed by atoms with van der Waals surface area (Å²) in [6.07, 6.45) is 4.56. The monoisotopic (exact) mass is 265 g/mol. The van der Waals surface area contributed by atoms with Gasteiger partial charge in [-0.15, -0.1) is 0 Å². The molecule has 0 aliphatic rings. The van der Waals surface area contributed by atoms with Crippen molar-refractivity contribution in [1.29, 1.82) is 0 Å². The number of ether oxygens (including phenoxy) is 1. The van der Waals surface area contributed by atoms with Gasteiger partial charge < -0.3 is 10.5 Å². The molecule has 0 saturated heterocycles. The van der Waals surface area contributed by atoms with Gasteiger partial charge in [-0.3, -0.25) is 4.68 Å². The Labute approximate surface area is 111 Å². The molecule has 2 rings (SSSR count). The molecule has 0 radical (unpaired) electrons. The summed E-state index contributed by atoms with van der Waals surface area (Å²) < 4.78 is 7.60. The van der Waals surface area contributed by atoms with Crippen LogP contribution in [0.1, 0.15) is 18.9 Å². The van der Waals surface area contributed by atoms with Gasteiger partial charge >= 0.3 is 0 Å². The summed E-state index contributed by atoms with van der Waals surface area (Å²) >= 11 is 6.12. The van der Waals surface area contributed by atoms with Crippen molar-refractivity contribution in [1.82, 2.24) is 9.78 Å². The molecule has 5 heteroatoms. The molecule has 2 N–H and O–H groups in total. The van der Waals surface area contributed by atoms with Crippen molar-refractivity contribution in [2.75, 3.05) is 0 Å². The number of halogens is 1. The first-order valence-electron chi connectivity index (χ1n) is 5.92. The van der Waals surface area contributed by atoms with Crippen LogP contribution in [0.15, 0.2) is 30.6 Å². The molecular weight excluding hydrogens is 250 g/mol. The van der Waals surface area contributed by atoms with Crippen LogP contribution in [-0.4, -0.2) is 9.78 Å². The standard InChI is InChI=1S/C13H16ClN3O/c1-2-6-17-9-11(8-16-17)18-13-10(7-15)4-3-5-12(13)14/h3-5,8-9H,2,6-7,15H2,1H3. The van der Waals surface area contributed by atoms with Gasteiger partial charge in [-0.05, 0) is 12.5 Å². The number of aromatic nitrogens is 2. The maximum absolute atomic E-state index is 6.12. The maximum Gasteiger partial charge on any atom is 0.165 e. The van der Waals surface area contributed by atoms with Crippen molar-refractivity contribution < 1.29 is 4.74 Å². The third-order valence-electron chi connectivity index (χ3n) is 2.55. The van der Waals surface area contributed by atoms with Gasteiger partial charge in [-0.1, -0.05) is 30.7 Å². The van der Waals surface area contributed by atoms with Crippen molar-refractivity contribution >= 4 is 11.6 Å². The van der Waals surface area contributed by atoms with Crippen molar-refractivity contribution in [3.05, 3.63) is 41.2 Å². The normalized spacial score (nSPS) is 10.6. The summed E-state index contributed by atoms with van der Waals surface area (Å²) in [6.45, 7) is 3.36. The summed E-state index contributed by atoms with van der Waals surface area (Å²) in [5.41, 5.74) is 6.55. The molecule has 0 fully saturated rings. The molecule has 0 amide bonds. The number of benzene rings is 1. The fraction of sp³-hybridized carbons (Fsp3) is 0.308. The smallest absolute Gasteiger partial charge is 0.165 e. The van der Waals surface area contributed by atoms with E-state index in [2.05, 4.69) is 12.0 Å². The molecule has 96 valence electrons. The average molecular weight is 266 g/mol. The number of hydrogen-bond donors (Lipinski definition) is 1. The minimum Gasteiger partial charge on any atom is -0.452 e. The van der Waals surface area contributed by atoms with E-state index < -0.39 is 0 Å². The lowest BCUT2D eigenvalue weighted by Crippen LogP contribution is -1.99. The van der Waals surface area contributed by atoms with Gasteiger partial charge in [0.1, 0.15) is 0 Å². The Balaban J connectivity index is 2.22. The predicted octanol–water partition coefficient (Wildman–Crippen LogP) is 3.20. The largest absolute Gasteiger partial charge is 0.452 e. The first kappa shape index (κ1) is 12.9. The minimum atomic E-state index is 0.388. The highest BCUT2D eigenvalue weighted by Crippen LogP contribution is 2.32. The molecule has 2 aromatic rings. The highest BCUT2D eigenvalue weighted by Gasteiger charge is 2.09. The lowest BCUT2D eigenvalue weighted by atomic mass is 10.2. The van der Waals surface area contributed by atoms with Crippen LogP contribution >= 0.6 is 11.6 Å². The Kier molecular flexibility index (Phi) is 4.23. The summed E-state index contributed by atoms with van der Waals surface area (Å²) in [6, 6.07) is 5.54. The summed E-state index contributed by atoms with van der Waals surface area (Å²) in [5.74, 6) is 1.28. The molecule has 4 nitrogen and oxygen atoms in total. The quantitative estimate of drug-likeness (QED) is 0.903. The molecule has 1 aromatic carbocycles. The Morgan fingerprint density at radius 2 is 2.28 bits per heavy atom. The van der Waals surface area contributed by atoms with E-state index in [1.807, 2.05) is 23.0 Å². The Morgan fingerprint density at radius 3 is 3.00 bits per heavy atom. The SMILES string of the molecule is CCCn1cc(Oc2c(Cl)cccc2CN)cn1. The van der Waals surface area contributed by atoms with E-state index >= 15 is 0 Å². The van der Waals surface area contributed by atoms with Crippen LogP contribution < -0.4 is 10.5 Å². The van der Waals surface area contributed by atoms with E-state index in [4.69, 9.17) is 22.1 Å². The summed E-state index contributed by atoms with van der Waals surface area (Å²) in [4.78, 5) is 0. The second-order valence-corrected chi connectivity index (χ2v) is 4.38. The number of nitrogens with zero attached hydrogens (tertiary/aromatic N) is 2. The number of para-hydroxylation sites is 1. The zero-order valence-corrected chi connectivity index (χ0v) is 11.0. The molecule has 0 saturated carbocycles. The lowest BCUT2D eigenvalue weighted by Gasteiger charge is -2.09. The van der Waals surface area contributed by atoms with Crippen LogP contribution in [-0.2, 0) is 13.1 Å². The van der Waals surface area contributed by atoms with Gasteiger partial charge in [0.15, 0.2) is 11.5 Å². The topological polar surface area (TPSA) is 53.1 Å². The highest BCUT2D eigenvalue weighted by atomic mass is 35.5. The molecule has 1 aromatic heterocycles. The Hall–Kier alpha value is -1.52. The Bertz CT molecular complexity index is 525. The molecule has 0 aliphatic heterocycles. The molecule has 18 heavy (non-hydrogen) atoms.